The van der Waals surface area contributed by atoms with Gasteiger partial charge in [-0.25, -0.2) is 19.7 Å². The van der Waals surface area contributed by atoms with Crippen molar-refractivity contribution in [1.82, 2.24) is 15.0 Å². The zero-order valence-corrected chi connectivity index (χ0v) is 13.2. The Labute approximate surface area is 127 Å². The van der Waals surface area contributed by atoms with Crippen LogP contribution in [0, 0.1) is 6.92 Å². The van der Waals surface area contributed by atoms with Crippen LogP contribution in [0.1, 0.15) is 59.6 Å². The average Bonchev–Trinajstić information content (AvgIpc) is 2.87. The molecule has 0 bridgehead atoms. The fourth-order valence-electron chi connectivity index (χ4n) is 1.79. The lowest BCUT2D eigenvalue weighted by Crippen LogP contribution is -2.11. The normalized spacial score (nSPS) is 12.4. The number of rotatable bonds is 5. The Balaban J connectivity index is 2.18. The van der Waals surface area contributed by atoms with Crippen molar-refractivity contribution in [3.63, 3.8) is 0 Å². The molecule has 6 nitrogen and oxygen atoms in total. The van der Waals surface area contributed by atoms with Crippen LogP contribution in [0.4, 0.5) is 5.95 Å². The summed E-state index contributed by atoms with van der Waals surface area (Å²) in [6.45, 7) is 7.99. The highest BCUT2D eigenvalue weighted by atomic mass is 32.1. The molecule has 112 valence electrons. The van der Waals surface area contributed by atoms with E-state index in [0.29, 0.717) is 16.9 Å². The first-order chi connectivity index (χ1) is 9.86. The van der Waals surface area contributed by atoms with Crippen LogP contribution in [0.15, 0.2) is 11.4 Å². The van der Waals surface area contributed by atoms with Gasteiger partial charge in [0.05, 0.1) is 6.04 Å². The third-order valence-electron chi connectivity index (χ3n) is 2.92. The van der Waals surface area contributed by atoms with Crippen molar-refractivity contribution in [2.45, 2.75) is 39.7 Å². The van der Waals surface area contributed by atoms with Crippen molar-refractivity contribution in [1.29, 1.82) is 0 Å². The second kappa shape index (κ2) is 6.17. The number of carbonyl (C=O) groups is 1. The Morgan fingerprint density at radius 1 is 1.29 bits per heavy atom. The number of thiazole rings is 1. The van der Waals surface area contributed by atoms with Gasteiger partial charge in [-0.05, 0) is 25.8 Å². The molecule has 0 aliphatic rings. The summed E-state index contributed by atoms with van der Waals surface area (Å²) in [6, 6.07) is 1.82. The first-order valence-corrected chi connectivity index (χ1v) is 7.55. The van der Waals surface area contributed by atoms with E-state index < -0.39 is 5.97 Å². The summed E-state index contributed by atoms with van der Waals surface area (Å²) in [5.74, 6) is -0.155. The Hall–Kier alpha value is -2.02. The molecule has 0 saturated heterocycles. The molecule has 0 aliphatic heterocycles. The zero-order chi connectivity index (χ0) is 15.6. The predicted molar refractivity (Wildman–Crippen MR) is 82.0 cm³/mol. The first-order valence-electron chi connectivity index (χ1n) is 6.67. The molecule has 0 aliphatic carbocycles. The fourth-order valence-corrected chi connectivity index (χ4v) is 2.59. The van der Waals surface area contributed by atoms with E-state index in [9.17, 15) is 4.79 Å². The molecule has 0 amide bonds. The van der Waals surface area contributed by atoms with E-state index in [4.69, 9.17) is 5.11 Å². The third-order valence-corrected chi connectivity index (χ3v) is 3.95. The Bertz CT molecular complexity index is 654. The van der Waals surface area contributed by atoms with Gasteiger partial charge in [-0.15, -0.1) is 11.3 Å². The van der Waals surface area contributed by atoms with Crippen LogP contribution in [0.3, 0.4) is 0 Å². The van der Waals surface area contributed by atoms with Gasteiger partial charge >= 0.3 is 5.97 Å². The van der Waals surface area contributed by atoms with Crippen molar-refractivity contribution < 1.29 is 9.90 Å². The SMILES string of the molecule is Cc1cc(C(C)C)nc(NC(C)c2nc(C(=O)O)cs2)n1. The number of carboxylic acids is 1. The van der Waals surface area contributed by atoms with Crippen molar-refractivity contribution in [2.24, 2.45) is 0 Å². The minimum absolute atomic E-state index is 0.0664. The smallest absolute Gasteiger partial charge is 0.355 e. The summed E-state index contributed by atoms with van der Waals surface area (Å²) in [7, 11) is 0. The van der Waals surface area contributed by atoms with Crippen LogP contribution >= 0.6 is 11.3 Å². The monoisotopic (exact) mass is 306 g/mol. The van der Waals surface area contributed by atoms with Gasteiger partial charge in [-0.1, -0.05) is 13.8 Å². The van der Waals surface area contributed by atoms with Crippen LogP contribution < -0.4 is 5.32 Å². The summed E-state index contributed by atoms with van der Waals surface area (Å²) >= 11 is 1.31. The predicted octanol–water partition coefficient (Wildman–Crippen LogP) is 3.24. The first kappa shape index (κ1) is 15.4. The molecule has 0 aromatic carbocycles. The molecule has 0 spiro atoms. The van der Waals surface area contributed by atoms with Gasteiger partial charge in [-0.3, -0.25) is 0 Å². The maximum absolute atomic E-state index is 10.9. The molecule has 0 fully saturated rings. The van der Waals surface area contributed by atoms with E-state index in [1.165, 1.54) is 16.7 Å². The summed E-state index contributed by atoms with van der Waals surface area (Å²) in [4.78, 5) is 23.8. The minimum atomic E-state index is -1.02. The quantitative estimate of drug-likeness (QED) is 0.881. The number of hydrogen-bond acceptors (Lipinski definition) is 6. The number of aryl methyl sites for hydroxylation is 1. The van der Waals surface area contributed by atoms with Crippen LogP contribution in [-0.4, -0.2) is 26.0 Å². The number of anilines is 1. The van der Waals surface area contributed by atoms with Crippen LogP contribution in [-0.2, 0) is 0 Å². The van der Waals surface area contributed by atoms with Gasteiger partial charge in [0.2, 0.25) is 5.95 Å². The molecule has 2 N–H and O–H groups in total. The lowest BCUT2D eigenvalue weighted by molar-refractivity contribution is 0.0691. The topological polar surface area (TPSA) is 88.0 Å². The number of nitrogens with zero attached hydrogens (tertiary/aromatic N) is 3. The molecule has 2 aromatic rings. The standard InChI is InChI=1S/C14H18N4O2S/c1-7(2)10-5-8(3)15-14(18-10)16-9(4)12-17-11(6-21-12)13(19)20/h5-7,9H,1-4H3,(H,19,20)(H,15,16,18). The summed E-state index contributed by atoms with van der Waals surface area (Å²) in [5, 5.41) is 14.3. The van der Waals surface area contributed by atoms with E-state index in [2.05, 4.69) is 34.1 Å². The van der Waals surface area contributed by atoms with E-state index in [0.717, 1.165) is 11.4 Å². The van der Waals surface area contributed by atoms with E-state index in [1.54, 1.807) is 0 Å². The Kier molecular flexibility index (Phi) is 4.52. The van der Waals surface area contributed by atoms with Crippen LogP contribution in [0.25, 0.3) is 0 Å². The number of carboxylic acid groups (broad SMARTS) is 1. The average molecular weight is 306 g/mol. The van der Waals surface area contributed by atoms with Gasteiger partial charge in [0, 0.05) is 16.8 Å². The maximum atomic E-state index is 10.9. The van der Waals surface area contributed by atoms with Gasteiger partial charge < -0.3 is 10.4 Å². The highest BCUT2D eigenvalue weighted by molar-refractivity contribution is 7.09. The van der Waals surface area contributed by atoms with Crippen LogP contribution in [0.2, 0.25) is 0 Å². The molecule has 1 atom stereocenters. The van der Waals surface area contributed by atoms with Gasteiger partial charge in [-0.2, -0.15) is 0 Å². The second-order valence-electron chi connectivity index (χ2n) is 5.15. The lowest BCUT2D eigenvalue weighted by Gasteiger charge is -2.13. The molecule has 2 heterocycles. The van der Waals surface area contributed by atoms with Gasteiger partial charge in [0.15, 0.2) is 5.69 Å². The van der Waals surface area contributed by atoms with Gasteiger partial charge in [0.1, 0.15) is 5.01 Å². The number of hydrogen-bond donors (Lipinski definition) is 2. The highest BCUT2D eigenvalue weighted by Crippen LogP contribution is 2.22. The highest BCUT2D eigenvalue weighted by Gasteiger charge is 2.15. The third kappa shape index (κ3) is 3.75. The maximum Gasteiger partial charge on any atom is 0.355 e. The fraction of sp³-hybridized carbons (Fsp3) is 0.429. The van der Waals surface area contributed by atoms with E-state index >= 15 is 0 Å². The van der Waals surface area contributed by atoms with Crippen LogP contribution in [0.5, 0.6) is 0 Å². The zero-order valence-electron chi connectivity index (χ0n) is 12.4. The molecular weight excluding hydrogens is 288 g/mol. The van der Waals surface area contributed by atoms with E-state index in [1.807, 2.05) is 19.9 Å². The largest absolute Gasteiger partial charge is 0.476 e. The molecule has 7 heteroatoms. The summed E-state index contributed by atoms with van der Waals surface area (Å²) < 4.78 is 0. The number of nitrogens with one attached hydrogen (secondary N) is 1. The Morgan fingerprint density at radius 2 is 2.00 bits per heavy atom. The Morgan fingerprint density at radius 3 is 2.57 bits per heavy atom. The van der Waals surface area contributed by atoms with Crippen molar-refractivity contribution in [3.05, 3.63) is 33.5 Å². The molecule has 2 aromatic heterocycles. The van der Waals surface area contributed by atoms with Gasteiger partial charge in [0.25, 0.3) is 0 Å². The summed E-state index contributed by atoms with van der Waals surface area (Å²) in [6.07, 6.45) is 0. The molecule has 1 unspecified atom stereocenters. The molecular formula is C14H18N4O2S. The van der Waals surface area contributed by atoms with Crippen molar-refractivity contribution >= 4 is 23.3 Å². The molecule has 0 saturated carbocycles. The molecule has 0 radical (unpaired) electrons. The van der Waals surface area contributed by atoms with Crippen molar-refractivity contribution in [2.75, 3.05) is 5.32 Å². The van der Waals surface area contributed by atoms with E-state index in [-0.39, 0.29) is 11.7 Å². The van der Waals surface area contributed by atoms with Crippen molar-refractivity contribution in [3.8, 4) is 0 Å². The minimum Gasteiger partial charge on any atom is -0.476 e. The molecule has 21 heavy (non-hydrogen) atoms. The second-order valence-corrected chi connectivity index (χ2v) is 6.04. The number of aromatic carboxylic acids is 1. The molecule has 2 rings (SSSR count). The summed E-state index contributed by atoms with van der Waals surface area (Å²) in [5.41, 5.74) is 1.94. The lowest BCUT2D eigenvalue weighted by atomic mass is 10.1. The number of aromatic nitrogens is 3.